The SMILES string of the molecule is COc1ccc([C@@H]2OCC[C@H]2NC(=O)Nc2ncn(C(C)(C)C)n2)cn1. The van der Waals surface area contributed by atoms with E-state index in [-0.39, 0.29) is 29.7 Å². The molecule has 3 heterocycles. The van der Waals surface area contributed by atoms with Gasteiger partial charge < -0.3 is 14.8 Å². The zero-order valence-electron chi connectivity index (χ0n) is 15.4. The number of hydrogen-bond donors (Lipinski definition) is 2. The van der Waals surface area contributed by atoms with Gasteiger partial charge in [-0.15, -0.1) is 5.10 Å². The van der Waals surface area contributed by atoms with Crippen molar-refractivity contribution in [3.8, 4) is 5.88 Å². The molecule has 1 aliphatic rings. The van der Waals surface area contributed by atoms with E-state index in [1.165, 1.54) is 0 Å². The number of carbonyl (C=O) groups excluding carboxylic acids is 1. The third-order valence-corrected chi connectivity index (χ3v) is 4.11. The Morgan fingerprint density at radius 1 is 1.35 bits per heavy atom. The average Bonchev–Trinajstić information content (AvgIpc) is 3.24. The maximum atomic E-state index is 12.3. The summed E-state index contributed by atoms with van der Waals surface area (Å²) in [6, 6.07) is 3.14. The van der Waals surface area contributed by atoms with Crippen molar-refractivity contribution >= 4 is 12.0 Å². The van der Waals surface area contributed by atoms with Crippen molar-refractivity contribution < 1.29 is 14.3 Å². The highest BCUT2D eigenvalue weighted by atomic mass is 16.5. The number of ether oxygens (including phenoxy) is 2. The number of nitrogens with one attached hydrogen (secondary N) is 2. The zero-order valence-corrected chi connectivity index (χ0v) is 15.4. The first-order valence-electron chi connectivity index (χ1n) is 8.48. The Balaban J connectivity index is 1.61. The lowest BCUT2D eigenvalue weighted by Gasteiger charge is -2.20. The molecule has 0 bridgehead atoms. The van der Waals surface area contributed by atoms with E-state index >= 15 is 0 Å². The highest BCUT2D eigenvalue weighted by molar-refractivity contribution is 5.87. The second kappa shape index (κ2) is 7.28. The second-order valence-corrected chi connectivity index (χ2v) is 7.10. The van der Waals surface area contributed by atoms with Gasteiger partial charge in [0.15, 0.2) is 0 Å². The van der Waals surface area contributed by atoms with Crippen molar-refractivity contribution in [1.29, 1.82) is 0 Å². The van der Waals surface area contributed by atoms with Gasteiger partial charge in [0, 0.05) is 24.4 Å². The van der Waals surface area contributed by atoms with Crippen LogP contribution in [-0.2, 0) is 10.3 Å². The van der Waals surface area contributed by atoms with Gasteiger partial charge in [-0.1, -0.05) is 0 Å². The molecule has 3 rings (SSSR count). The maximum Gasteiger partial charge on any atom is 0.321 e. The minimum Gasteiger partial charge on any atom is -0.481 e. The minimum absolute atomic E-state index is 0.158. The Morgan fingerprint density at radius 3 is 2.77 bits per heavy atom. The molecule has 2 atom stereocenters. The van der Waals surface area contributed by atoms with E-state index in [1.807, 2.05) is 26.8 Å². The molecular formula is C17H24N6O3. The predicted molar refractivity (Wildman–Crippen MR) is 95.1 cm³/mol. The third kappa shape index (κ3) is 4.10. The quantitative estimate of drug-likeness (QED) is 0.865. The Morgan fingerprint density at radius 2 is 2.15 bits per heavy atom. The van der Waals surface area contributed by atoms with Crippen LogP contribution in [-0.4, -0.2) is 45.5 Å². The molecule has 0 aromatic carbocycles. The van der Waals surface area contributed by atoms with Crippen LogP contribution < -0.4 is 15.4 Å². The first-order valence-corrected chi connectivity index (χ1v) is 8.48. The van der Waals surface area contributed by atoms with Gasteiger partial charge in [-0.3, -0.25) is 5.32 Å². The summed E-state index contributed by atoms with van der Waals surface area (Å²) in [7, 11) is 1.57. The van der Waals surface area contributed by atoms with Gasteiger partial charge in [0.05, 0.1) is 18.7 Å². The second-order valence-electron chi connectivity index (χ2n) is 7.10. The largest absolute Gasteiger partial charge is 0.481 e. The Labute approximate surface area is 152 Å². The van der Waals surface area contributed by atoms with Crippen LogP contribution in [0, 0.1) is 0 Å². The molecule has 1 aliphatic heterocycles. The molecule has 2 N–H and O–H groups in total. The van der Waals surface area contributed by atoms with Crippen LogP contribution in [0.3, 0.4) is 0 Å². The zero-order chi connectivity index (χ0) is 18.7. The van der Waals surface area contributed by atoms with Gasteiger partial charge in [0.1, 0.15) is 12.4 Å². The summed E-state index contributed by atoms with van der Waals surface area (Å²) in [6.07, 6.45) is 3.77. The van der Waals surface area contributed by atoms with E-state index in [1.54, 1.807) is 30.4 Å². The van der Waals surface area contributed by atoms with Gasteiger partial charge in [0.2, 0.25) is 11.8 Å². The molecule has 0 saturated carbocycles. The van der Waals surface area contributed by atoms with Crippen LogP contribution in [0.5, 0.6) is 5.88 Å². The molecule has 0 aliphatic carbocycles. The van der Waals surface area contributed by atoms with E-state index in [0.29, 0.717) is 18.9 Å². The topological polar surface area (TPSA) is 103 Å². The van der Waals surface area contributed by atoms with Crippen molar-refractivity contribution in [2.24, 2.45) is 0 Å². The number of methoxy groups -OCH3 is 1. The molecule has 2 amide bonds. The lowest BCUT2D eigenvalue weighted by Crippen LogP contribution is -2.39. The molecule has 1 fully saturated rings. The molecule has 0 radical (unpaired) electrons. The molecule has 9 nitrogen and oxygen atoms in total. The number of urea groups is 1. The molecule has 1 saturated heterocycles. The lowest BCUT2D eigenvalue weighted by molar-refractivity contribution is 0.100. The number of anilines is 1. The van der Waals surface area contributed by atoms with E-state index < -0.39 is 0 Å². The summed E-state index contributed by atoms with van der Waals surface area (Å²) in [5.41, 5.74) is 0.693. The number of amides is 2. The standard InChI is InChI=1S/C17H24N6O3/c1-17(2,3)23-10-19-15(22-23)21-16(24)20-12-7-8-26-14(12)11-5-6-13(25-4)18-9-11/h5-6,9-10,12,14H,7-8H2,1-4H3,(H2,20,21,22,24)/t12-,14+/m1/s1. The normalized spacial score (nSPS) is 20.0. The molecular weight excluding hydrogens is 336 g/mol. The highest BCUT2D eigenvalue weighted by Gasteiger charge is 2.31. The van der Waals surface area contributed by atoms with Crippen LogP contribution in [0.2, 0.25) is 0 Å². The fourth-order valence-corrected chi connectivity index (χ4v) is 2.70. The van der Waals surface area contributed by atoms with Gasteiger partial charge in [-0.2, -0.15) is 0 Å². The number of aromatic nitrogens is 4. The van der Waals surface area contributed by atoms with Crippen LogP contribution in [0.4, 0.5) is 10.7 Å². The Kier molecular flexibility index (Phi) is 5.08. The van der Waals surface area contributed by atoms with Crippen molar-refractivity contribution in [2.75, 3.05) is 19.0 Å². The van der Waals surface area contributed by atoms with Crippen molar-refractivity contribution in [3.05, 3.63) is 30.2 Å². The maximum absolute atomic E-state index is 12.3. The molecule has 140 valence electrons. The smallest absolute Gasteiger partial charge is 0.321 e. The van der Waals surface area contributed by atoms with Gasteiger partial charge in [0.25, 0.3) is 0 Å². The first-order chi connectivity index (χ1) is 12.4. The summed E-state index contributed by atoms with van der Waals surface area (Å²) in [6.45, 7) is 6.59. The van der Waals surface area contributed by atoms with Crippen LogP contribution in [0.25, 0.3) is 0 Å². The van der Waals surface area contributed by atoms with Crippen molar-refractivity contribution in [2.45, 2.75) is 44.9 Å². The molecule has 0 spiro atoms. The van der Waals surface area contributed by atoms with Crippen LogP contribution >= 0.6 is 0 Å². The third-order valence-electron chi connectivity index (χ3n) is 4.11. The van der Waals surface area contributed by atoms with Crippen LogP contribution in [0.15, 0.2) is 24.7 Å². The van der Waals surface area contributed by atoms with E-state index in [0.717, 1.165) is 5.56 Å². The molecule has 9 heteroatoms. The minimum atomic E-state index is -0.362. The van der Waals surface area contributed by atoms with E-state index in [4.69, 9.17) is 9.47 Å². The lowest BCUT2D eigenvalue weighted by atomic mass is 10.0. The van der Waals surface area contributed by atoms with Gasteiger partial charge in [-0.05, 0) is 33.3 Å². The monoisotopic (exact) mass is 360 g/mol. The highest BCUT2D eigenvalue weighted by Crippen LogP contribution is 2.29. The summed E-state index contributed by atoms with van der Waals surface area (Å²) >= 11 is 0. The van der Waals surface area contributed by atoms with E-state index in [2.05, 4.69) is 25.7 Å². The Hall–Kier alpha value is -2.68. The molecule has 2 aromatic rings. The fourth-order valence-electron chi connectivity index (χ4n) is 2.70. The fraction of sp³-hybridized carbons (Fsp3) is 0.529. The number of hydrogen-bond acceptors (Lipinski definition) is 6. The number of pyridine rings is 1. The molecule has 0 unspecified atom stereocenters. The number of rotatable bonds is 4. The van der Waals surface area contributed by atoms with Crippen molar-refractivity contribution in [1.82, 2.24) is 25.1 Å². The van der Waals surface area contributed by atoms with Crippen LogP contribution in [0.1, 0.15) is 38.9 Å². The summed E-state index contributed by atoms with van der Waals surface area (Å²) in [5, 5.41) is 9.87. The average molecular weight is 360 g/mol. The first kappa shape index (κ1) is 18.1. The summed E-state index contributed by atoms with van der Waals surface area (Å²) < 4.78 is 12.5. The van der Waals surface area contributed by atoms with Crippen molar-refractivity contribution in [3.63, 3.8) is 0 Å². The summed E-state index contributed by atoms with van der Waals surface area (Å²) in [5.74, 6) is 0.800. The molecule has 2 aromatic heterocycles. The van der Waals surface area contributed by atoms with Gasteiger partial charge in [-0.25, -0.2) is 19.4 Å². The van der Waals surface area contributed by atoms with E-state index in [9.17, 15) is 4.79 Å². The Bertz CT molecular complexity index is 753. The number of carbonyl (C=O) groups is 1. The molecule has 26 heavy (non-hydrogen) atoms. The van der Waals surface area contributed by atoms with Gasteiger partial charge >= 0.3 is 6.03 Å². The predicted octanol–water partition coefficient (Wildman–Crippen LogP) is 2.09. The number of nitrogens with zero attached hydrogens (tertiary/aromatic N) is 4. The summed E-state index contributed by atoms with van der Waals surface area (Å²) in [4.78, 5) is 20.6.